The van der Waals surface area contributed by atoms with Crippen molar-refractivity contribution in [1.82, 2.24) is 0 Å². The minimum atomic E-state index is -1.45. The van der Waals surface area contributed by atoms with Crippen molar-refractivity contribution in [2.24, 2.45) is 0 Å². The molecule has 0 heterocycles. The molecule has 0 saturated carbocycles. The smallest absolute Gasteiger partial charge is 0.168 e. The molecule has 0 atom stereocenters. The third kappa shape index (κ3) is 3.29. The molecule has 15 heavy (non-hydrogen) atoms. The van der Waals surface area contributed by atoms with E-state index in [-0.39, 0.29) is 12.0 Å². The Bertz CT molecular complexity index is 383. The minimum absolute atomic E-state index is 0.157. The van der Waals surface area contributed by atoms with E-state index in [1.165, 1.54) is 32.0 Å². The van der Waals surface area contributed by atoms with Crippen molar-refractivity contribution in [3.63, 3.8) is 0 Å². The number of halogens is 2. The second-order valence-corrected chi connectivity index (χ2v) is 4.33. The molecule has 0 saturated heterocycles. The highest BCUT2D eigenvalue weighted by molar-refractivity contribution is 6.30. The summed E-state index contributed by atoms with van der Waals surface area (Å²) < 4.78 is 13.2. The van der Waals surface area contributed by atoms with E-state index in [1.807, 2.05) is 0 Å². The van der Waals surface area contributed by atoms with Crippen molar-refractivity contribution in [1.29, 1.82) is 0 Å². The summed E-state index contributed by atoms with van der Waals surface area (Å²) in [5.74, 6) is -0.930. The number of ketones is 1. The fourth-order valence-electron chi connectivity index (χ4n) is 1.07. The van der Waals surface area contributed by atoms with Gasteiger partial charge in [-0.25, -0.2) is 4.39 Å². The predicted molar refractivity (Wildman–Crippen MR) is 56.4 cm³/mol. The van der Waals surface area contributed by atoms with Crippen LogP contribution in [-0.4, -0.2) is 16.5 Å². The molecule has 1 N–H and O–H groups in total. The Balaban J connectivity index is 2.90. The van der Waals surface area contributed by atoms with Crippen LogP contribution in [0.1, 0.15) is 19.4 Å². The summed E-state index contributed by atoms with van der Waals surface area (Å²) in [5, 5.41) is 9.77. The maximum absolute atomic E-state index is 13.2. The molecule has 0 spiro atoms. The molecule has 0 unspecified atom stereocenters. The fourth-order valence-corrected chi connectivity index (χ4v) is 1.26. The predicted octanol–water partition coefficient (Wildman–Crippen LogP) is 2.36. The van der Waals surface area contributed by atoms with Gasteiger partial charge < -0.3 is 5.11 Å². The Morgan fingerprint density at radius 1 is 1.53 bits per heavy atom. The maximum atomic E-state index is 13.2. The van der Waals surface area contributed by atoms with Crippen LogP contribution in [0.25, 0.3) is 0 Å². The molecule has 1 rings (SSSR count). The average molecular weight is 231 g/mol. The van der Waals surface area contributed by atoms with Gasteiger partial charge in [-0.2, -0.15) is 0 Å². The lowest BCUT2D eigenvalue weighted by molar-refractivity contribution is -0.133. The van der Waals surface area contributed by atoms with Crippen molar-refractivity contribution < 1.29 is 14.3 Å². The molecule has 0 radical (unpaired) electrons. The quantitative estimate of drug-likeness (QED) is 0.866. The summed E-state index contributed by atoms with van der Waals surface area (Å²) in [6.45, 7) is 2.75. The zero-order valence-electron chi connectivity index (χ0n) is 8.55. The van der Waals surface area contributed by atoms with E-state index in [0.717, 1.165) is 0 Å². The van der Waals surface area contributed by atoms with E-state index < -0.39 is 17.2 Å². The molecule has 0 bridgehead atoms. The van der Waals surface area contributed by atoms with Crippen molar-refractivity contribution in [2.45, 2.75) is 25.9 Å². The molecule has 82 valence electrons. The Morgan fingerprint density at radius 3 is 2.67 bits per heavy atom. The van der Waals surface area contributed by atoms with E-state index in [9.17, 15) is 14.3 Å². The van der Waals surface area contributed by atoms with E-state index in [4.69, 9.17) is 11.6 Å². The molecular formula is C11H12ClFO2. The fraction of sp³-hybridized carbons (Fsp3) is 0.364. The van der Waals surface area contributed by atoms with Gasteiger partial charge in [-0.05, 0) is 37.6 Å². The van der Waals surface area contributed by atoms with Crippen LogP contribution >= 0.6 is 11.6 Å². The van der Waals surface area contributed by atoms with Gasteiger partial charge in [-0.3, -0.25) is 4.79 Å². The molecule has 0 aliphatic carbocycles. The van der Waals surface area contributed by atoms with E-state index in [2.05, 4.69) is 0 Å². The molecule has 0 fully saturated rings. The van der Waals surface area contributed by atoms with Gasteiger partial charge in [0.15, 0.2) is 5.78 Å². The lowest BCUT2D eigenvalue weighted by Crippen LogP contribution is -2.32. The van der Waals surface area contributed by atoms with Crippen LogP contribution in [0.2, 0.25) is 5.02 Å². The molecule has 0 aliphatic heterocycles. The van der Waals surface area contributed by atoms with Gasteiger partial charge in [-0.1, -0.05) is 11.6 Å². The van der Waals surface area contributed by atoms with Crippen LogP contribution in [0, 0.1) is 5.82 Å². The van der Waals surface area contributed by atoms with Gasteiger partial charge >= 0.3 is 0 Å². The number of Topliss-reactive ketones (excluding diaryl/α,β-unsaturated/α-hetero) is 1. The van der Waals surface area contributed by atoms with Crippen LogP contribution in [0.3, 0.4) is 0 Å². The second-order valence-electron chi connectivity index (χ2n) is 3.89. The molecule has 0 aromatic heterocycles. The Hall–Kier alpha value is -0.930. The van der Waals surface area contributed by atoms with Crippen molar-refractivity contribution in [3.05, 3.63) is 34.6 Å². The number of hydrogen-bond donors (Lipinski definition) is 1. The van der Waals surface area contributed by atoms with Crippen LogP contribution in [-0.2, 0) is 11.2 Å². The highest BCUT2D eigenvalue weighted by Gasteiger charge is 2.24. The van der Waals surface area contributed by atoms with E-state index in [0.29, 0.717) is 5.02 Å². The number of carbonyl (C=O) groups excluding carboxylic acids is 1. The number of aliphatic hydroxyl groups is 1. The summed E-state index contributed by atoms with van der Waals surface area (Å²) in [6.07, 6.45) is -0.157. The Labute approximate surface area is 92.7 Å². The number of rotatable bonds is 3. The molecule has 4 heteroatoms. The first-order valence-corrected chi connectivity index (χ1v) is 4.88. The molecule has 1 aromatic rings. The van der Waals surface area contributed by atoms with Crippen LogP contribution in [0.4, 0.5) is 4.39 Å². The first-order chi connectivity index (χ1) is 6.80. The summed E-state index contributed by atoms with van der Waals surface area (Å²) in [6, 6.07) is 4.00. The van der Waals surface area contributed by atoms with E-state index in [1.54, 1.807) is 0 Å². The molecule has 2 nitrogen and oxygen atoms in total. The van der Waals surface area contributed by atoms with Gasteiger partial charge in [0.05, 0.1) is 0 Å². The summed E-state index contributed by atoms with van der Waals surface area (Å²) in [5.41, 5.74) is -1.25. The number of carbonyl (C=O) groups is 1. The topological polar surface area (TPSA) is 37.3 Å². The third-order valence-electron chi connectivity index (χ3n) is 2.04. The highest BCUT2D eigenvalue weighted by atomic mass is 35.5. The van der Waals surface area contributed by atoms with Gasteiger partial charge in [0.25, 0.3) is 0 Å². The van der Waals surface area contributed by atoms with Crippen LogP contribution in [0.15, 0.2) is 18.2 Å². The van der Waals surface area contributed by atoms with Crippen LogP contribution < -0.4 is 0 Å². The van der Waals surface area contributed by atoms with Crippen molar-refractivity contribution >= 4 is 17.4 Å². The molecule has 0 amide bonds. The minimum Gasteiger partial charge on any atom is -0.383 e. The number of hydrogen-bond acceptors (Lipinski definition) is 2. The van der Waals surface area contributed by atoms with Gasteiger partial charge in [0.1, 0.15) is 11.4 Å². The lowest BCUT2D eigenvalue weighted by Gasteiger charge is -2.15. The van der Waals surface area contributed by atoms with Gasteiger partial charge in [0, 0.05) is 11.4 Å². The maximum Gasteiger partial charge on any atom is 0.168 e. The molecule has 0 aliphatic rings. The van der Waals surface area contributed by atoms with Gasteiger partial charge in [0.2, 0.25) is 0 Å². The number of benzene rings is 1. The third-order valence-corrected chi connectivity index (χ3v) is 2.28. The first kappa shape index (κ1) is 12.1. The zero-order chi connectivity index (χ0) is 11.6. The molecule has 1 aromatic carbocycles. The summed E-state index contributed by atoms with van der Waals surface area (Å²) in [4.78, 5) is 11.4. The first-order valence-electron chi connectivity index (χ1n) is 4.50. The van der Waals surface area contributed by atoms with Crippen molar-refractivity contribution in [3.8, 4) is 0 Å². The van der Waals surface area contributed by atoms with Gasteiger partial charge in [-0.15, -0.1) is 0 Å². The van der Waals surface area contributed by atoms with Crippen LogP contribution in [0.5, 0.6) is 0 Å². The normalized spacial score (nSPS) is 11.5. The SMILES string of the molecule is CC(C)(O)C(=O)Cc1cc(Cl)ccc1F. The largest absolute Gasteiger partial charge is 0.383 e. The summed E-state index contributed by atoms with van der Waals surface area (Å²) >= 11 is 5.67. The van der Waals surface area contributed by atoms with E-state index >= 15 is 0 Å². The van der Waals surface area contributed by atoms with Crippen molar-refractivity contribution in [2.75, 3.05) is 0 Å². The Kier molecular flexibility index (Phi) is 3.47. The monoisotopic (exact) mass is 230 g/mol. The second kappa shape index (κ2) is 4.29. The highest BCUT2D eigenvalue weighted by Crippen LogP contribution is 2.17. The summed E-state index contributed by atoms with van der Waals surface area (Å²) in [7, 11) is 0. The lowest BCUT2D eigenvalue weighted by atomic mass is 9.97. The standard InChI is InChI=1S/C11H12ClFO2/c1-11(2,15)10(14)6-7-5-8(12)3-4-9(7)13/h3-5,15H,6H2,1-2H3. The average Bonchev–Trinajstić information content (AvgIpc) is 2.09. The molecular weight excluding hydrogens is 219 g/mol. The zero-order valence-corrected chi connectivity index (χ0v) is 9.31. The Morgan fingerprint density at radius 2 is 2.13 bits per heavy atom.